The van der Waals surface area contributed by atoms with E-state index in [9.17, 15) is 14.7 Å². The molecular formula is C12H20N2O4. The van der Waals surface area contributed by atoms with Crippen LogP contribution in [0.15, 0.2) is 0 Å². The van der Waals surface area contributed by atoms with E-state index >= 15 is 0 Å². The Morgan fingerprint density at radius 1 is 1.44 bits per heavy atom. The molecule has 4 atom stereocenters. The number of carbonyl (C=O) groups excluding carboxylic acids is 2. The topological polar surface area (TPSA) is 78.9 Å². The van der Waals surface area contributed by atoms with Gasteiger partial charge < -0.3 is 10.4 Å². The standard InChI is InChI=1S/C12H20N2O4/c1-6(2)8(15)12-10(17)14(18-5)11(12,4)7(3)9(16)13-12/h6-8,15H,1-5H3,(H,13,16)/t7?,8-,11-,12-/m0/s1. The molecule has 18 heavy (non-hydrogen) atoms. The Hall–Kier alpha value is -1.14. The molecule has 0 aromatic carbocycles. The van der Waals surface area contributed by atoms with Crippen LogP contribution in [0.2, 0.25) is 0 Å². The van der Waals surface area contributed by atoms with E-state index in [1.54, 1.807) is 13.8 Å². The largest absolute Gasteiger partial charge is 0.390 e. The summed E-state index contributed by atoms with van der Waals surface area (Å²) in [5.74, 6) is -1.18. The number of β-lactam (4-membered cyclic amide) rings is 1. The highest BCUT2D eigenvalue weighted by Crippen LogP contribution is 2.53. The molecule has 2 heterocycles. The van der Waals surface area contributed by atoms with Crippen LogP contribution in [0.5, 0.6) is 0 Å². The van der Waals surface area contributed by atoms with Gasteiger partial charge in [-0.3, -0.25) is 14.4 Å². The van der Waals surface area contributed by atoms with Gasteiger partial charge in [0, 0.05) is 0 Å². The van der Waals surface area contributed by atoms with E-state index in [-0.39, 0.29) is 17.7 Å². The molecule has 2 rings (SSSR count). The third-order valence-electron chi connectivity index (χ3n) is 4.56. The van der Waals surface area contributed by atoms with Crippen LogP contribution in [-0.2, 0) is 14.4 Å². The molecule has 102 valence electrons. The molecule has 2 fully saturated rings. The minimum Gasteiger partial charge on any atom is -0.390 e. The number of hydrogen-bond acceptors (Lipinski definition) is 4. The molecule has 2 saturated heterocycles. The van der Waals surface area contributed by atoms with E-state index < -0.39 is 23.1 Å². The summed E-state index contributed by atoms with van der Waals surface area (Å²) in [4.78, 5) is 29.3. The first kappa shape index (κ1) is 13.3. The molecule has 6 heteroatoms. The number of fused-ring (bicyclic) bond motifs is 1. The minimum absolute atomic E-state index is 0.141. The van der Waals surface area contributed by atoms with Crippen molar-refractivity contribution in [1.82, 2.24) is 10.4 Å². The van der Waals surface area contributed by atoms with Crippen LogP contribution in [-0.4, -0.2) is 46.3 Å². The molecule has 0 spiro atoms. The van der Waals surface area contributed by atoms with Gasteiger partial charge in [-0.25, -0.2) is 5.06 Å². The Bertz CT molecular complexity index is 411. The molecule has 6 nitrogen and oxygen atoms in total. The van der Waals surface area contributed by atoms with Gasteiger partial charge in [-0.1, -0.05) is 20.8 Å². The van der Waals surface area contributed by atoms with Crippen molar-refractivity contribution in [2.24, 2.45) is 11.8 Å². The zero-order valence-electron chi connectivity index (χ0n) is 11.4. The minimum atomic E-state index is -1.26. The highest BCUT2D eigenvalue weighted by molar-refractivity contribution is 6.05. The van der Waals surface area contributed by atoms with Crippen LogP contribution in [0.3, 0.4) is 0 Å². The van der Waals surface area contributed by atoms with Crippen LogP contribution in [0.1, 0.15) is 27.7 Å². The average Bonchev–Trinajstić information content (AvgIpc) is 2.49. The quantitative estimate of drug-likeness (QED) is 0.678. The predicted octanol–water partition coefficient (Wildman–Crippen LogP) is -0.330. The Balaban J connectivity index is 2.52. The fourth-order valence-corrected chi connectivity index (χ4v) is 3.22. The summed E-state index contributed by atoms with van der Waals surface area (Å²) in [6.45, 7) is 7.14. The van der Waals surface area contributed by atoms with E-state index in [1.807, 2.05) is 13.8 Å². The summed E-state index contributed by atoms with van der Waals surface area (Å²) in [6, 6.07) is 0. The second-order valence-electron chi connectivity index (χ2n) is 5.64. The fraction of sp³-hybridized carbons (Fsp3) is 0.833. The third kappa shape index (κ3) is 1.10. The lowest BCUT2D eigenvalue weighted by Crippen LogP contribution is -2.87. The maximum Gasteiger partial charge on any atom is 0.277 e. The van der Waals surface area contributed by atoms with Crippen molar-refractivity contribution in [3.05, 3.63) is 0 Å². The zero-order chi connectivity index (χ0) is 13.9. The van der Waals surface area contributed by atoms with Crippen LogP contribution in [0.4, 0.5) is 0 Å². The van der Waals surface area contributed by atoms with Gasteiger partial charge in [0.15, 0.2) is 5.54 Å². The number of carbonyl (C=O) groups is 2. The molecule has 0 aliphatic carbocycles. The Morgan fingerprint density at radius 2 is 2.00 bits per heavy atom. The van der Waals surface area contributed by atoms with Gasteiger partial charge in [-0.05, 0) is 12.8 Å². The van der Waals surface area contributed by atoms with Gasteiger partial charge in [0.2, 0.25) is 5.91 Å². The molecule has 0 saturated carbocycles. The van der Waals surface area contributed by atoms with Crippen molar-refractivity contribution >= 4 is 11.8 Å². The Labute approximate surface area is 106 Å². The van der Waals surface area contributed by atoms with Crippen molar-refractivity contribution in [2.75, 3.05) is 7.11 Å². The summed E-state index contributed by atoms with van der Waals surface area (Å²) in [5, 5.41) is 14.3. The summed E-state index contributed by atoms with van der Waals surface area (Å²) < 4.78 is 0. The van der Waals surface area contributed by atoms with E-state index in [0.29, 0.717) is 0 Å². The molecule has 0 aromatic rings. The van der Waals surface area contributed by atoms with Crippen molar-refractivity contribution < 1.29 is 19.5 Å². The Morgan fingerprint density at radius 3 is 2.44 bits per heavy atom. The van der Waals surface area contributed by atoms with E-state index in [4.69, 9.17) is 4.84 Å². The Kier molecular flexibility index (Phi) is 2.72. The van der Waals surface area contributed by atoms with Crippen molar-refractivity contribution in [2.45, 2.75) is 44.9 Å². The van der Waals surface area contributed by atoms with Gasteiger partial charge in [-0.15, -0.1) is 0 Å². The number of hydrogen-bond donors (Lipinski definition) is 2. The second-order valence-corrected chi connectivity index (χ2v) is 5.64. The number of nitrogens with one attached hydrogen (secondary N) is 1. The summed E-state index contributed by atoms with van der Waals surface area (Å²) in [6.07, 6.45) is -0.935. The maximum atomic E-state index is 12.3. The zero-order valence-corrected chi connectivity index (χ0v) is 11.4. The molecule has 0 radical (unpaired) electrons. The van der Waals surface area contributed by atoms with Gasteiger partial charge in [-0.2, -0.15) is 0 Å². The molecule has 0 aromatic heterocycles. The smallest absolute Gasteiger partial charge is 0.277 e. The number of amides is 2. The van der Waals surface area contributed by atoms with Crippen LogP contribution in [0.25, 0.3) is 0 Å². The lowest BCUT2D eigenvalue weighted by atomic mass is 9.62. The number of nitrogens with zero attached hydrogens (tertiary/aromatic N) is 1. The second kappa shape index (κ2) is 3.68. The molecule has 0 bridgehead atoms. The van der Waals surface area contributed by atoms with Crippen LogP contribution in [0, 0.1) is 11.8 Å². The van der Waals surface area contributed by atoms with E-state index in [1.165, 1.54) is 12.2 Å². The molecular weight excluding hydrogens is 236 g/mol. The van der Waals surface area contributed by atoms with Crippen molar-refractivity contribution in [3.8, 4) is 0 Å². The van der Waals surface area contributed by atoms with Crippen molar-refractivity contribution in [3.63, 3.8) is 0 Å². The monoisotopic (exact) mass is 256 g/mol. The number of rotatable bonds is 3. The average molecular weight is 256 g/mol. The lowest BCUT2D eigenvalue weighted by Gasteiger charge is -2.60. The highest BCUT2D eigenvalue weighted by atomic mass is 16.7. The summed E-state index contributed by atoms with van der Waals surface area (Å²) in [7, 11) is 1.39. The molecule has 2 amide bonds. The third-order valence-corrected chi connectivity index (χ3v) is 4.56. The van der Waals surface area contributed by atoms with Gasteiger partial charge in [0.1, 0.15) is 5.54 Å². The SMILES string of the molecule is CON1C(=O)[C@]2([C@@H](O)C(C)C)NC(=O)C(C)[C@]12C. The molecule has 1 unspecified atom stereocenters. The molecule has 2 aliphatic rings. The number of hydroxylamine groups is 2. The van der Waals surface area contributed by atoms with E-state index in [0.717, 1.165) is 0 Å². The van der Waals surface area contributed by atoms with Crippen molar-refractivity contribution in [1.29, 1.82) is 0 Å². The maximum absolute atomic E-state index is 12.3. The lowest BCUT2D eigenvalue weighted by molar-refractivity contribution is -0.282. The molecule has 2 aliphatic heterocycles. The predicted molar refractivity (Wildman–Crippen MR) is 63.1 cm³/mol. The first-order valence-electron chi connectivity index (χ1n) is 6.14. The number of aliphatic hydroxyl groups is 1. The highest BCUT2D eigenvalue weighted by Gasteiger charge is 2.80. The number of aliphatic hydroxyl groups excluding tert-OH is 1. The normalized spacial score (nSPS) is 40.6. The molecule has 2 N–H and O–H groups in total. The summed E-state index contributed by atoms with van der Waals surface area (Å²) in [5.41, 5.74) is -2.10. The fourth-order valence-electron chi connectivity index (χ4n) is 3.22. The van der Waals surface area contributed by atoms with Crippen LogP contribution < -0.4 is 5.32 Å². The summed E-state index contributed by atoms with van der Waals surface area (Å²) >= 11 is 0. The van der Waals surface area contributed by atoms with Gasteiger partial charge in [0.25, 0.3) is 5.91 Å². The first-order valence-corrected chi connectivity index (χ1v) is 6.14. The first-order chi connectivity index (χ1) is 8.25. The van der Waals surface area contributed by atoms with E-state index in [2.05, 4.69) is 5.32 Å². The van der Waals surface area contributed by atoms with Gasteiger partial charge in [0.05, 0.1) is 19.1 Å². The van der Waals surface area contributed by atoms with Gasteiger partial charge >= 0.3 is 0 Å². The van der Waals surface area contributed by atoms with Crippen LogP contribution >= 0.6 is 0 Å².